The Labute approximate surface area is 173 Å². The molecule has 1 aliphatic rings. The van der Waals surface area contributed by atoms with E-state index >= 15 is 0 Å². The molecule has 3 rings (SSSR count). The van der Waals surface area contributed by atoms with Gasteiger partial charge in [-0.2, -0.15) is 13.2 Å². The van der Waals surface area contributed by atoms with Crippen molar-refractivity contribution in [3.05, 3.63) is 65.2 Å². The summed E-state index contributed by atoms with van der Waals surface area (Å²) in [6, 6.07) is 15.1. The van der Waals surface area contributed by atoms with Crippen molar-refractivity contribution in [1.29, 1.82) is 0 Å². The highest BCUT2D eigenvalue weighted by Gasteiger charge is 2.72. The van der Waals surface area contributed by atoms with E-state index in [-0.39, 0.29) is 0 Å². The van der Waals surface area contributed by atoms with Gasteiger partial charge >= 0.3 is 12.1 Å². The number of hydrogen-bond acceptors (Lipinski definition) is 2. The van der Waals surface area contributed by atoms with Crippen LogP contribution in [0, 0.1) is 23.7 Å². The summed E-state index contributed by atoms with van der Waals surface area (Å²) in [5, 5.41) is -1.21. The van der Waals surface area contributed by atoms with Crippen LogP contribution in [0.2, 0.25) is 0 Å². The lowest BCUT2D eigenvalue weighted by molar-refractivity contribution is -0.141. The molecule has 0 spiro atoms. The standard InChI is InChI=1S/C23H22ClF3O2/c1-14-16(15-9-6-5-7-10-15)11-8-12-17(14)29-20(28)22(4)18(21(22,2)3)13-19(24)23(25,26)27/h5-13,18H,1-4H3. The third kappa shape index (κ3) is 3.68. The first kappa shape index (κ1) is 21.4. The van der Waals surface area contributed by atoms with E-state index in [1.165, 1.54) is 0 Å². The molecule has 6 heteroatoms. The second-order valence-electron chi connectivity index (χ2n) is 8.10. The second-order valence-corrected chi connectivity index (χ2v) is 8.51. The van der Waals surface area contributed by atoms with Crippen LogP contribution in [0.4, 0.5) is 13.2 Å². The fourth-order valence-electron chi connectivity index (χ4n) is 3.89. The van der Waals surface area contributed by atoms with Gasteiger partial charge in [0.25, 0.3) is 0 Å². The molecular weight excluding hydrogens is 401 g/mol. The van der Waals surface area contributed by atoms with Gasteiger partial charge in [-0.25, -0.2) is 0 Å². The number of halogens is 4. The number of alkyl halides is 3. The Hall–Kier alpha value is -2.27. The Morgan fingerprint density at radius 3 is 2.28 bits per heavy atom. The van der Waals surface area contributed by atoms with Gasteiger partial charge < -0.3 is 4.74 Å². The number of benzene rings is 2. The summed E-state index contributed by atoms with van der Waals surface area (Å²) < 4.78 is 44.2. The molecule has 2 nitrogen and oxygen atoms in total. The fourth-order valence-corrected chi connectivity index (χ4v) is 4.02. The van der Waals surface area contributed by atoms with Crippen LogP contribution in [0.25, 0.3) is 11.1 Å². The number of esters is 1. The monoisotopic (exact) mass is 422 g/mol. The smallest absolute Gasteiger partial charge is 0.426 e. The topological polar surface area (TPSA) is 26.3 Å². The number of rotatable bonds is 4. The van der Waals surface area contributed by atoms with Crippen molar-refractivity contribution in [1.82, 2.24) is 0 Å². The largest absolute Gasteiger partial charge is 0.426 e. The minimum atomic E-state index is -4.63. The minimum Gasteiger partial charge on any atom is -0.426 e. The molecule has 29 heavy (non-hydrogen) atoms. The highest BCUT2D eigenvalue weighted by atomic mass is 35.5. The molecule has 1 saturated carbocycles. The van der Waals surface area contributed by atoms with Crippen LogP contribution in [-0.2, 0) is 4.79 Å². The van der Waals surface area contributed by atoms with E-state index in [0.717, 1.165) is 22.8 Å². The summed E-state index contributed by atoms with van der Waals surface area (Å²) in [7, 11) is 0. The van der Waals surface area contributed by atoms with Gasteiger partial charge in [-0.1, -0.05) is 74.0 Å². The normalized spacial score (nSPS) is 23.6. The van der Waals surface area contributed by atoms with Crippen LogP contribution < -0.4 is 4.74 Å². The average Bonchev–Trinajstić information content (AvgIpc) is 3.09. The maximum atomic E-state index is 13.0. The van der Waals surface area contributed by atoms with Gasteiger partial charge in [-0.15, -0.1) is 0 Å². The fraction of sp³-hybridized carbons (Fsp3) is 0.348. The Morgan fingerprint density at radius 2 is 1.69 bits per heavy atom. The lowest BCUT2D eigenvalue weighted by Crippen LogP contribution is -2.24. The molecule has 2 unspecified atom stereocenters. The van der Waals surface area contributed by atoms with Crippen LogP contribution in [0.5, 0.6) is 5.75 Å². The average molecular weight is 423 g/mol. The molecule has 0 bridgehead atoms. The van der Waals surface area contributed by atoms with Gasteiger partial charge in [0, 0.05) is 5.92 Å². The molecule has 2 aromatic rings. The first-order valence-corrected chi connectivity index (χ1v) is 9.60. The van der Waals surface area contributed by atoms with Crippen LogP contribution >= 0.6 is 11.6 Å². The van der Waals surface area contributed by atoms with Crippen molar-refractivity contribution in [3.63, 3.8) is 0 Å². The summed E-state index contributed by atoms with van der Waals surface area (Å²) in [4.78, 5) is 13.0. The minimum absolute atomic E-state index is 0.393. The molecule has 1 fully saturated rings. The molecule has 0 amide bonds. The highest BCUT2D eigenvalue weighted by molar-refractivity contribution is 6.30. The quantitative estimate of drug-likeness (QED) is 0.395. The number of carbonyl (C=O) groups is 1. The number of hydrogen-bond donors (Lipinski definition) is 0. The molecule has 0 aromatic heterocycles. The zero-order chi connectivity index (χ0) is 21.6. The van der Waals surface area contributed by atoms with Crippen LogP contribution in [0.3, 0.4) is 0 Å². The predicted octanol–water partition coefficient (Wildman–Crippen LogP) is 6.91. The molecule has 0 heterocycles. The van der Waals surface area contributed by atoms with E-state index in [1.807, 2.05) is 43.3 Å². The Kier molecular flexibility index (Phi) is 5.33. The lowest BCUT2D eigenvalue weighted by atomic mass is 9.98. The van der Waals surface area contributed by atoms with E-state index in [2.05, 4.69) is 0 Å². The van der Waals surface area contributed by atoms with E-state index < -0.39 is 33.9 Å². The maximum Gasteiger partial charge on any atom is 0.426 e. The summed E-state index contributed by atoms with van der Waals surface area (Å²) in [5.41, 5.74) is 0.884. The van der Waals surface area contributed by atoms with Gasteiger partial charge in [-0.05, 0) is 42.0 Å². The van der Waals surface area contributed by atoms with Gasteiger partial charge in [0.15, 0.2) is 0 Å². The van der Waals surface area contributed by atoms with Gasteiger partial charge in [0.05, 0.1) is 5.41 Å². The van der Waals surface area contributed by atoms with Crippen molar-refractivity contribution in [2.45, 2.75) is 33.9 Å². The van der Waals surface area contributed by atoms with Crippen molar-refractivity contribution in [3.8, 4) is 16.9 Å². The van der Waals surface area contributed by atoms with Crippen LogP contribution in [0.15, 0.2) is 59.6 Å². The highest BCUT2D eigenvalue weighted by Crippen LogP contribution is 2.70. The Balaban J connectivity index is 1.88. The number of allylic oxidation sites excluding steroid dienone is 2. The van der Waals surface area contributed by atoms with Crippen LogP contribution in [-0.4, -0.2) is 12.1 Å². The van der Waals surface area contributed by atoms with Crippen molar-refractivity contribution in [2.24, 2.45) is 16.7 Å². The van der Waals surface area contributed by atoms with Crippen molar-refractivity contribution in [2.75, 3.05) is 0 Å². The first-order chi connectivity index (χ1) is 13.4. The van der Waals surface area contributed by atoms with E-state index in [0.29, 0.717) is 5.75 Å². The van der Waals surface area contributed by atoms with Crippen molar-refractivity contribution >= 4 is 17.6 Å². The van der Waals surface area contributed by atoms with E-state index in [4.69, 9.17) is 16.3 Å². The first-order valence-electron chi connectivity index (χ1n) is 9.22. The van der Waals surface area contributed by atoms with E-state index in [9.17, 15) is 18.0 Å². The van der Waals surface area contributed by atoms with Crippen molar-refractivity contribution < 1.29 is 22.7 Å². The third-order valence-corrected chi connectivity index (χ3v) is 6.57. The lowest BCUT2D eigenvalue weighted by Gasteiger charge is -2.16. The van der Waals surface area contributed by atoms with E-state index in [1.54, 1.807) is 32.9 Å². The number of carbonyl (C=O) groups excluding carboxylic acids is 1. The summed E-state index contributed by atoms with van der Waals surface area (Å²) in [6.07, 6.45) is -3.71. The summed E-state index contributed by atoms with van der Waals surface area (Å²) >= 11 is 5.41. The number of ether oxygens (including phenoxy) is 1. The molecule has 2 atom stereocenters. The summed E-state index contributed by atoms with van der Waals surface area (Å²) in [6.45, 7) is 6.95. The molecular formula is C23H22ClF3O2. The Bertz CT molecular complexity index is 964. The SMILES string of the molecule is Cc1c(OC(=O)C2(C)C(C=C(Cl)C(F)(F)F)C2(C)C)cccc1-c1ccccc1. The second kappa shape index (κ2) is 7.21. The molecule has 1 aliphatic carbocycles. The predicted molar refractivity (Wildman–Crippen MR) is 108 cm³/mol. The van der Waals surface area contributed by atoms with Crippen LogP contribution in [0.1, 0.15) is 26.3 Å². The molecule has 0 N–H and O–H groups in total. The molecule has 2 aromatic carbocycles. The molecule has 0 saturated heterocycles. The van der Waals surface area contributed by atoms with Gasteiger partial charge in [0.2, 0.25) is 0 Å². The molecule has 154 valence electrons. The third-order valence-electron chi connectivity index (χ3n) is 6.23. The Morgan fingerprint density at radius 1 is 1.07 bits per heavy atom. The summed E-state index contributed by atoms with van der Waals surface area (Å²) in [5.74, 6) is -0.845. The molecule has 0 radical (unpaired) electrons. The van der Waals surface area contributed by atoms with Gasteiger partial charge in [0.1, 0.15) is 10.8 Å². The molecule has 0 aliphatic heterocycles. The zero-order valence-electron chi connectivity index (χ0n) is 16.6. The van der Waals surface area contributed by atoms with Gasteiger partial charge in [-0.3, -0.25) is 4.79 Å². The maximum absolute atomic E-state index is 13.0. The zero-order valence-corrected chi connectivity index (χ0v) is 17.4.